The van der Waals surface area contributed by atoms with Gasteiger partial charge in [0, 0.05) is 17.9 Å². The minimum Gasteiger partial charge on any atom is -0.339 e. The lowest BCUT2D eigenvalue weighted by molar-refractivity contribution is 0.378. The molecule has 90 valence electrons. The van der Waals surface area contributed by atoms with Crippen molar-refractivity contribution < 1.29 is 13.3 Å². The maximum absolute atomic E-state index is 13.0. The number of aryl methyl sites for hydroxylation is 1. The standard InChI is InChI=1S/C11H9ClF2N2O/c12-5-1-2-10-15-11(16-17-10)7-3-4-8(13)9(14)6-7/h3-4,6H,1-2,5H2. The molecule has 0 radical (unpaired) electrons. The molecule has 2 aromatic rings. The molecule has 0 aliphatic heterocycles. The van der Waals surface area contributed by atoms with Crippen LogP contribution in [0.3, 0.4) is 0 Å². The summed E-state index contributed by atoms with van der Waals surface area (Å²) in [5, 5.41) is 3.69. The van der Waals surface area contributed by atoms with E-state index in [9.17, 15) is 8.78 Å². The van der Waals surface area contributed by atoms with Crippen molar-refractivity contribution in [3.05, 3.63) is 35.7 Å². The molecule has 0 aliphatic rings. The van der Waals surface area contributed by atoms with Crippen LogP contribution in [0.5, 0.6) is 0 Å². The van der Waals surface area contributed by atoms with Crippen LogP contribution in [0.25, 0.3) is 11.4 Å². The summed E-state index contributed by atoms with van der Waals surface area (Å²) in [7, 11) is 0. The summed E-state index contributed by atoms with van der Waals surface area (Å²) in [6.45, 7) is 0. The van der Waals surface area contributed by atoms with Crippen molar-refractivity contribution in [3.63, 3.8) is 0 Å². The average molecular weight is 259 g/mol. The largest absolute Gasteiger partial charge is 0.339 e. The highest BCUT2D eigenvalue weighted by molar-refractivity contribution is 6.17. The van der Waals surface area contributed by atoms with Gasteiger partial charge in [-0.3, -0.25) is 0 Å². The fourth-order valence-corrected chi connectivity index (χ4v) is 1.46. The summed E-state index contributed by atoms with van der Waals surface area (Å²) in [6, 6.07) is 3.46. The lowest BCUT2D eigenvalue weighted by atomic mass is 10.2. The molecule has 0 N–H and O–H groups in total. The van der Waals surface area contributed by atoms with E-state index in [1.54, 1.807) is 0 Å². The van der Waals surface area contributed by atoms with E-state index in [2.05, 4.69) is 10.1 Å². The zero-order valence-electron chi connectivity index (χ0n) is 8.79. The molecule has 0 fully saturated rings. The predicted molar refractivity (Wildman–Crippen MR) is 58.7 cm³/mol. The minimum atomic E-state index is -0.936. The maximum Gasteiger partial charge on any atom is 0.227 e. The fraction of sp³-hybridized carbons (Fsp3) is 0.273. The normalized spacial score (nSPS) is 10.8. The van der Waals surface area contributed by atoms with Gasteiger partial charge in [-0.2, -0.15) is 4.98 Å². The third-order valence-electron chi connectivity index (χ3n) is 2.17. The third kappa shape index (κ3) is 2.79. The van der Waals surface area contributed by atoms with Gasteiger partial charge in [0.2, 0.25) is 11.7 Å². The van der Waals surface area contributed by atoms with E-state index < -0.39 is 11.6 Å². The summed E-state index contributed by atoms with van der Waals surface area (Å²) >= 11 is 5.53. The zero-order chi connectivity index (χ0) is 12.3. The Balaban J connectivity index is 2.21. The van der Waals surface area contributed by atoms with E-state index in [1.165, 1.54) is 6.07 Å². The first kappa shape index (κ1) is 12.0. The molecule has 17 heavy (non-hydrogen) atoms. The highest BCUT2D eigenvalue weighted by atomic mass is 35.5. The Bertz CT molecular complexity index is 516. The molecule has 0 amide bonds. The molecule has 6 heteroatoms. The molecule has 0 saturated carbocycles. The van der Waals surface area contributed by atoms with Gasteiger partial charge < -0.3 is 4.52 Å². The fourth-order valence-electron chi connectivity index (χ4n) is 1.33. The van der Waals surface area contributed by atoms with Gasteiger partial charge in [0.1, 0.15) is 0 Å². The molecule has 1 aromatic heterocycles. The molecule has 3 nitrogen and oxygen atoms in total. The van der Waals surface area contributed by atoms with Crippen molar-refractivity contribution in [1.82, 2.24) is 10.1 Å². The van der Waals surface area contributed by atoms with Gasteiger partial charge in [0.25, 0.3) is 0 Å². The number of aromatic nitrogens is 2. The Labute approximate surface area is 101 Å². The van der Waals surface area contributed by atoms with Crippen molar-refractivity contribution in [2.75, 3.05) is 5.88 Å². The van der Waals surface area contributed by atoms with Crippen LogP contribution in [-0.4, -0.2) is 16.0 Å². The van der Waals surface area contributed by atoms with Gasteiger partial charge in [0.15, 0.2) is 11.6 Å². The van der Waals surface area contributed by atoms with Crippen molar-refractivity contribution in [2.24, 2.45) is 0 Å². The van der Waals surface area contributed by atoms with Crippen molar-refractivity contribution in [3.8, 4) is 11.4 Å². The maximum atomic E-state index is 13.0. The van der Waals surface area contributed by atoms with E-state index in [-0.39, 0.29) is 5.82 Å². The quantitative estimate of drug-likeness (QED) is 0.791. The van der Waals surface area contributed by atoms with Crippen LogP contribution >= 0.6 is 11.6 Å². The summed E-state index contributed by atoms with van der Waals surface area (Å²) in [5.74, 6) is -0.656. The van der Waals surface area contributed by atoms with Crippen LogP contribution in [-0.2, 0) is 6.42 Å². The molecule has 1 heterocycles. The number of hydrogen-bond acceptors (Lipinski definition) is 3. The summed E-state index contributed by atoms with van der Waals surface area (Å²) < 4.78 is 30.7. The number of hydrogen-bond donors (Lipinski definition) is 0. The Morgan fingerprint density at radius 3 is 2.76 bits per heavy atom. The Morgan fingerprint density at radius 2 is 2.06 bits per heavy atom. The zero-order valence-corrected chi connectivity index (χ0v) is 9.55. The highest BCUT2D eigenvalue weighted by Crippen LogP contribution is 2.19. The van der Waals surface area contributed by atoms with Gasteiger partial charge in [0.05, 0.1) is 0 Å². The Kier molecular flexibility index (Phi) is 3.68. The Hall–Kier alpha value is -1.49. The lowest BCUT2D eigenvalue weighted by Gasteiger charge is -1.95. The number of rotatable bonds is 4. The summed E-state index contributed by atoms with van der Waals surface area (Å²) in [4.78, 5) is 4.06. The average Bonchev–Trinajstić information content (AvgIpc) is 2.79. The van der Waals surface area contributed by atoms with Crippen LogP contribution in [0.4, 0.5) is 8.78 Å². The smallest absolute Gasteiger partial charge is 0.227 e. The number of benzene rings is 1. The molecular formula is C11H9ClF2N2O. The van der Waals surface area contributed by atoms with Crippen LogP contribution in [0.15, 0.2) is 22.7 Å². The lowest BCUT2D eigenvalue weighted by Crippen LogP contribution is -1.88. The van der Waals surface area contributed by atoms with Crippen LogP contribution < -0.4 is 0 Å². The minimum absolute atomic E-state index is 0.244. The van der Waals surface area contributed by atoms with Crippen LogP contribution in [0.1, 0.15) is 12.3 Å². The molecule has 0 atom stereocenters. The molecular weight excluding hydrogens is 250 g/mol. The Morgan fingerprint density at radius 1 is 1.24 bits per heavy atom. The van der Waals surface area contributed by atoms with Crippen molar-refractivity contribution in [1.29, 1.82) is 0 Å². The topological polar surface area (TPSA) is 38.9 Å². The second-order valence-corrected chi connectivity index (χ2v) is 3.81. The first-order chi connectivity index (χ1) is 8.20. The first-order valence-corrected chi connectivity index (χ1v) is 5.58. The molecule has 1 aromatic carbocycles. The van der Waals surface area contributed by atoms with Crippen molar-refractivity contribution >= 4 is 11.6 Å². The van der Waals surface area contributed by atoms with E-state index in [1.807, 2.05) is 0 Å². The SMILES string of the molecule is Fc1ccc(-c2noc(CCCCl)n2)cc1F. The van der Waals surface area contributed by atoms with Gasteiger partial charge in [-0.15, -0.1) is 11.6 Å². The third-order valence-corrected chi connectivity index (χ3v) is 2.44. The monoisotopic (exact) mass is 258 g/mol. The van der Waals surface area contributed by atoms with E-state index in [0.29, 0.717) is 23.8 Å². The molecule has 0 aliphatic carbocycles. The van der Waals surface area contributed by atoms with Crippen LogP contribution in [0.2, 0.25) is 0 Å². The molecule has 0 saturated heterocycles. The highest BCUT2D eigenvalue weighted by Gasteiger charge is 2.10. The molecule has 0 bridgehead atoms. The van der Waals surface area contributed by atoms with Gasteiger partial charge in [-0.25, -0.2) is 8.78 Å². The van der Waals surface area contributed by atoms with Gasteiger partial charge in [-0.05, 0) is 24.6 Å². The molecule has 0 spiro atoms. The summed E-state index contributed by atoms with van der Waals surface area (Å²) in [5.41, 5.74) is 0.379. The van der Waals surface area contributed by atoms with E-state index in [0.717, 1.165) is 18.6 Å². The van der Waals surface area contributed by atoms with E-state index in [4.69, 9.17) is 16.1 Å². The second kappa shape index (κ2) is 5.23. The molecule has 0 unspecified atom stereocenters. The second-order valence-electron chi connectivity index (χ2n) is 3.43. The molecule has 2 rings (SSSR count). The number of nitrogens with zero attached hydrogens (tertiary/aromatic N) is 2. The van der Waals surface area contributed by atoms with Crippen LogP contribution in [0, 0.1) is 11.6 Å². The number of halogens is 3. The van der Waals surface area contributed by atoms with E-state index >= 15 is 0 Å². The predicted octanol–water partition coefficient (Wildman–Crippen LogP) is 3.19. The number of alkyl halides is 1. The first-order valence-electron chi connectivity index (χ1n) is 5.04. The van der Waals surface area contributed by atoms with Gasteiger partial charge in [-0.1, -0.05) is 5.16 Å². The van der Waals surface area contributed by atoms with Crippen molar-refractivity contribution in [2.45, 2.75) is 12.8 Å². The van der Waals surface area contributed by atoms with Gasteiger partial charge >= 0.3 is 0 Å². The summed E-state index contributed by atoms with van der Waals surface area (Å²) in [6.07, 6.45) is 1.29.